The fourth-order valence-electron chi connectivity index (χ4n) is 3.36. The summed E-state index contributed by atoms with van der Waals surface area (Å²) in [6.45, 7) is 4.55. The van der Waals surface area contributed by atoms with E-state index in [1.165, 1.54) is 31.4 Å². The topological polar surface area (TPSA) is 34.0 Å². The first-order valence-electron chi connectivity index (χ1n) is 7.95. The first-order chi connectivity index (χ1) is 10.3. The Hall–Kier alpha value is -1.68. The number of benzene rings is 1. The van der Waals surface area contributed by atoms with Gasteiger partial charge in [0, 0.05) is 12.1 Å². The van der Waals surface area contributed by atoms with Crippen LogP contribution in [0.2, 0.25) is 0 Å². The van der Waals surface area contributed by atoms with Gasteiger partial charge in [-0.05, 0) is 44.7 Å². The Labute approximate surface area is 126 Å². The van der Waals surface area contributed by atoms with E-state index in [0.717, 1.165) is 13.0 Å². The Morgan fingerprint density at radius 2 is 2.14 bits per heavy atom. The fourth-order valence-corrected chi connectivity index (χ4v) is 3.36. The molecule has 112 valence electrons. The van der Waals surface area contributed by atoms with Crippen molar-refractivity contribution in [2.45, 2.75) is 51.2 Å². The number of rotatable bonds is 6. The summed E-state index contributed by atoms with van der Waals surface area (Å²) < 4.78 is 1.97. The van der Waals surface area contributed by atoms with E-state index < -0.39 is 0 Å². The molecule has 0 bridgehead atoms. The summed E-state index contributed by atoms with van der Waals surface area (Å²) in [5.74, 6) is 0. The zero-order valence-electron chi connectivity index (χ0n) is 12.7. The third kappa shape index (κ3) is 3.70. The minimum atomic E-state index is 0.609. The molecule has 2 heterocycles. The molecule has 0 saturated carbocycles. The Kier molecular flexibility index (Phi) is 4.65. The van der Waals surface area contributed by atoms with Gasteiger partial charge in [0.1, 0.15) is 12.7 Å². The van der Waals surface area contributed by atoms with Crippen LogP contribution < -0.4 is 0 Å². The molecule has 1 aromatic heterocycles. The molecule has 1 aliphatic rings. The second-order valence-corrected chi connectivity index (χ2v) is 6.02. The number of nitrogens with zero attached hydrogens (tertiary/aromatic N) is 4. The van der Waals surface area contributed by atoms with Crippen LogP contribution in [0.5, 0.6) is 0 Å². The highest BCUT2D eigenvalue weighted by Gasteiger charge is 2.28. The molecule has 4 nitrogen and oxygen atoms in total. The fraction of sp³-hybridized carbons (Fsp3) is 0.529. The molecule has 0 spiro atoms. The smallest absolute Gasteiger partial charge is 0.137 e. The Morgan fingerprint density at radius 3 is 2.90 bits per heavy atom. The van der Waals surface area contributed by atoms with Gasteiger partial charge in [0.15, 0.2) is 0 Å². The monoisotopic (exact) mass is 284 g/mol. The number of likely N-dealkylation sites (tertiary alicyclic amines) is 1. The number of hydrogen-bond donors (Lipinski definition) is 0. The highest BCUT2D eigenvalue weighted by Crippen LogP contribution is 2.23. The lowest BCUT2D eigenvalue weighted by molar-refractivity contribution is 0.165. The van der Waals surface area contributed by atoms with Crippen molar-refractivity contribution in [1.82, 2.24) is 19.7 Å². The van der Waals surface area contributed by atoms with E-state index in [1.807, 2.05) is 11.0 Å². The molecule has 0 amide bonds. The first-order valence-corrected chi connectivity index (χ1v) is 7.95. The van der Waals surface area contributed by atoms with Gasteiger partial charge in [0.25, 0.3) is 0 Å². The van der Waals surface area contributed by atoms with Crippen LogP contribution in [-0.2, 0) is 13.0 Å². The molecule has 2 atom stereocenters. The summed E-state index contributed by atoms with van der Waals surface area (Å²) in [6, 6.07) is 12.0. The summed E-state index contributed by atoms with van der Waals surface area (Å²) in [5.41, 5.74) is 1.44. The minimum Gasteiger partial charge on any atom is -0.296 e. The van der Waals surface area contributed by atoms with Crippen LogP contribution >= 0.6 is 0 Å². The largest absolute Gasteiger partial charge is 0.296 e. The SMILES string of the molecule is C[C@@H](CCc1ccccc1)N1CCC[C@@H]1Cn1cncn1. The predicted octanol–water partition coefficient (Wildman–Crippen LogP) is 2.76. The van der Waals surface area contributed by atoms with Gasteiger partial charge in [-0.3, -0.25) is 9.58 Å². The third-order valence-electron chi connectivity index (χ3n) is 4.55. The van der Waals surface area contributed by atoms with Crippen LogP contribution in [0.25, 0.3) is 0 Å². The maximum absolute atomic E-state index is 4.25. The van der Waals surface area contributed by atoms with Crippen LogP contribution in [-0.4, -0.2) is 38.3 Å². The van der Waals surface area contributed by atoms with Gasteiger partial charge in [0.2, 0.25) is 0 Å². The number of aromatic nitrogens is 3. The van der Waals surface area contributed by atoms with Crippen molar-refractivity contribution < 1.29 is 0 Å². The summed E-state index contributed by atoms with van der Waals surface area (Å²) in [4.78, 5) is 6.70. The van der Waals surface area contributed by atoms with Gasteiger partial charge in [-0.1, -0.05) is 30.3 Å². The van der Waals surface area contributed by atoms with Crippen LogP contribution in [0.4, 0.5) is 0 Å². The highest BCUT2D eigenvalue weighted by molar-refractivity contribution is 5.14. The van der Waals surface area contributed by atoms with Crippen molar-refractivity contribution in [3.8, 4) is 0 Å². The lowest BCUT2D eigenvalue weighted by Gasteiger charge is -2.30. The molecule has 1 aliphatic heterocycles. The predicted molar refractivity (Wildman–Crippen MR) is 84.0 cm³/mol. The van der Waals surface area contributed by atoms with E-state index in [2.05, 4.69) is 52.2 Å². The molecule has 3 rings (SSSR count). The van der Waals surface area contributed by atoms with E-state index in [-0.39, 0.29) is 0 Å². The summed E-state index contributed by atoms with van der Waals surface area (Å²) in [6.07, 6.45) is 8.40. The Balaban J connectivity index is 1.54. The molecule has 1 saturated heterocycles. The van der Waals surface area contributed by atoms with Crippen molar-refractivity contribution >= 4 is 0 Å². The zero-order chi connectivity index (χ0) is 14.5. The van der Waals surface area contributed by atoms with Gasteiger partial charge in [0.05, 0.1) is 6.54 Å². The molecular weight excluding hydrogens is 260 g/mol. The lowest BCUT2D eigenvalue weighted by atomic mass is 10.0. The molecule has 0 N–H and O–H groups in total. The minimum absolute atomic E-state index is 0.609. The second-order valence-electron chi connectivity index (χ2n) is 6.02. The second kappa shape index (κ2) is 6.85. The van der Waals surface area contributed by atoms with Crippen LogP contribution in [0.1, 0.15) is 31.7 Å². The summed E-state index contributed by atoms with van der Waals surface area (Å²) >= 11 is 0. The summed E-state index contributed by atoms with van der Waals surface area (Å²) in [5, 5.41) is 4.25. The quantitative estimate of drug-likeness (QED) is 0.818. The van der Waals surface area contributed by atoms with Crippen molar-refractivity contribution in [3.05, 3.63) is 48.5 Å². The van der Waals surface area contributed by atoms with Crippen LogP contribution in [0, 0.1) is 0 Å². The third-order valence-corrected chi connectivity index (χ3v) is 4.55. The van der Waals surface area contributed by atoms with E-state index >= 15 is 0 Å². The van der Waals surface area contributed by atoms with Crippen LogP contribution in [0.3, 0.4) is 0 Å². The van der Waals surface area contributed by atoms with Crippen LogP contribution in [0.15, 0.2) is 43.0 Å². The first kappa shape index (κ1) is 14.3. The Morgan fingerprint density at radius 1 is 1.29 bits per heavy atom. The van der Waals surface area contributed by atoms with E-state index in [0.29, 0.717) is 12.1 Å². The van der Waals surface area contributed by atoms with Crippen molar-refractivity contribution in [2.75, 3.05) is 6.54 Å². The Bertz CT molecular complexity index is 523. The van der Waals surface area contributed by atoms with E-state index in [4.69, 9.17) is 0 Å². The normalized spacial score (nSPS) is 20.7. The molecule has 0 radical (unpaired) electrons. The van der Waals surface area contributed by atoms with E-state index in [9.17, 15) is 0 Å². The molecule has 0 unspecified atom stereocenters. The zero-order valence-corrected chi connectivity index (χ0v) is 12.7. The van der Waals surface area contributed by atoms with E-state index in [1.54, 1.807) is 6.33 Å². The molecule has 4 heteroatoms. The molecule has 1 fully saturated rings. The van der Waals surface area contributed by atoms with Gasteiger partial charge in [-0.2, -0.15) is 5.10 Å². The molecular formula is C17H24N4. The molecule has 2 aromatic rings. The van der Waals surface area contributed by atoms with Gasteiger partial charge >= 0.3 is 0 Å². The maximum Gasteiger partial charge on any atom is 0.137 e. The van der Waals surface area contributed by atoms with Gasteiger partial charge in [-0.25, -0.2) is 4.98 Å². The number of aryl methyl sites for hydroxylation is 1. The highest BCUT2D eigenvalue weighted by atomic mass is 15.3. The molecule has 1 aromatic carbocycles. The van der Waals surface area contributed by atoms with Crippen molar-refractivity contribution in [1.29, 1.82) is 0 Å². The molecule has 21 heavy (non-hydrogen) atoms. The van der Waals surface area contributed by atoms with Gasteiger partial charge < -0.3 is 0 Å². The average molecular weight is 284 g/mol. The maximum atomic E-state index is 4.25. The lowest BCUT2D eigenvalue weighted by Crippen LogP contribution is -2.40. The van der Waals surface area contributed by atoms with Crippen molar-refractivity contribution in [2.24, 2.45) is 0 Å². The van der Waals surface area contributed by atoms with Crippen molar-refractivity contribution in [3.63, 3.8) is 0 Å². The number of hydrogen-bond acceptors (Lipinski definition) is 3. The van der Waals surface area contributed by atoms with Gasteiger partial charge in [-0.15, -0.1) is 0 Å². The average Bonchev–Trinajstić information content (AvgIpc) is 3.18. The standard InChI is InChI=1S/C17H24N4/c1-15(9-10-16-6-3-2-4-7-16)21-11-5-8-17(21)12-20-14-18-13-19-20/h2-4,6-7,13-15,17H,5,8-12H2,1H3/t15-,17+/m0/s1. The molecule has 0 aliphatic carbocycles. The summed E-state index contributed by atoms with van der Waals surface area (Å²) in [7, 11) is 0.